The van der Waals surface area contributed by atoms with Crippen molar-refractivity contribution in [2.75, 3.05) is 7.05 Å². The van der Waals surface area contributed by atoms with Crippen molar-refractivity contribution >= 4 is 45.4 Å². The molecule has 5 rings (SSSR count). The molecule has 0 spiro atoms. The van der Waals surface area contributed by atoms with Crippen LogP contribution in [0, 0.1) is 6.92 Å². The van der Waals surface area contributed by atoms with Crippen LogP contribution in [0.25, 0.3) is 38.6 Å². The van der Waals surface area contributed by atoms with E-state index in [4.69, 9.17) is 0 Å². The van der Waals surface area contributed by atoms with Crippen LogP contribution in [-0.2, 0) is 0 Å². The number of rotatable bonds is 10. The minimum atomic E-state index is 0.858. The van der Waals surface area contributed by atoms with Crippen LogP contribution >= 0.6 is 0 Å². The van der Waals surface area contributed by atoms with E-state index in [9.17, 15) is 0 Å². The van der Waals surface area contributed by atoms with E-state index in [1.807, 2.05) is 58.1 Å². The molecule has 0 fully saturated rings. The first-order valence-corrected chi connectivity index (χ1v) is 19.2. The van der Waals surface area contributed by atoms with Gasteiger partial charge in [-0.1, -0.05) is 165 Å². The molecule has 0 unspecified atom stereocenters. The molecule has 3 nitrogen and oxygen atoms in total. The van der Waals surface area contributed by atoms with Crippen LogP contribution in [0.2, 0.25) is 0 Å². The van der Waals surface area contributed by atoms with Gasteiger partial charge in [0.25, 0.3) is 0 Å². The molecule has 0 saturated heterocycles. The summed E-state index contributed by atoms with van der Waals surface area (Å²) in [5, 5.41) is 5.74. The summed E-state index contributed by atoms with van der Waals surface area (Å²) in [6, 6.07) is 24.0. The highest BCUT2D eigenvalue weighted by atomic mass is 15.0. The molecule has 1 N–H and O–H groups in total. The number of para-hydroxylation sites is 1. The van der Waals surface area contributed by atoms with Gasteiger partial charge in [-0.2, -0.15) is 0 Å². The van der Waals surface area contributed by atoms with Gasteiger partial charge in [0.2, 0.25) is 0 Å². The van der Waals surface area contributed by atoms with Crippen molar-refractivity contribution in [3.63, 3.8) is 0 Å². The number of benzene rings is 3. The van der Waals surface area contributed by atoms with Crippen molar-refractivity contribution in [2.45, 2.75) is 41.5 Å². The molecule has 3 heteroatoms. The number of aliphatic imine (C=N–C) groups is 1. The summed E-state index contributed by atoms with van der Waals surface area (Å²) in [5.74, 6) is 0. The number of fused-ring (bicyclic) bond motifs is 3. The molecule has 1 aliphatic rings. The van der Waals surface area contributed by atoms with Gasteiger partial charge in [0, 0.05) is 40.5 Å². The quantitative estimate of drug-likeness (QED) is 0.0976. The number of hydrogen-bond acceptors (Lipinski definition) is 2. The summed E-state index contributed by atoms with van der Waals surface area (Å²) in [6.07, 6.45) is 37.4. The Labute approximate surface area is 342 Å². The minimum absolute atomic E-state index is 0.858. The molecule has 0 saturated carbocycles. The van der Waals surface area contributed by atoms with Gasteiger partial charge < -0.3 is 14.9 Å². The fourth-order valence-corrected chi connectivity index (χ4v) is 6.19. The van der Waals surface area contributed by atoms with Gasteiger partial charge in [0.05, 0.1) is 11.0 Å². The number of hydrogen-bond donors (Lipinski definition) is 1. The van der Waals surface area contributed by atoms with Crippen LogP contribution in [0.5, 0.6) is 0 Å². The summed E-state index contributed by atoms with van der Waals surface area (Å²) in [4.78, 5) is 3.25. The van der Waals surface area contributed by atoms with Gasteiger partial charge in [-0.05, 0) is 113 Å². The average molecular weight is 750 g/mol. The zero-order valence-corrected chi connectivity index (χ0v) is 35.0. The Kier molecular flexibility index (Phi) is 18.8. The lowest BCUT2D eigenvalue weighted by atomic mass is 9.96. The first-order chi connectivity index (χ1) is 27.7. The van der Waals surface area contributed by atoms with Crippen molar-refractivity contribution < 1.29 is 0 Å². The molecule has 0 bridgehead atoms. The molecular weight excluding hydrogens is 691 g/mol. The summed E-state index contributed by atoms with van der Waals surface area (Å²) in [7, 11) is 1.64. The highest BCUT2D eigenvalue weighted by molar-refractivity contribution is 6.11. The van der Waals surface area contributed by atoms with E-state index in [1.165, 1.54) is 21.9 Å². The first-order valence-electron chi connectivity index (χ1n) is 19.2. The first kappa shape index (κ1) is 44.7. The van der Waals surface area contributed by atoms with E-state index in [2.05, 4.69) is 201 Å². The van der Waals surface area contributed by atoms with Crippen LogP contribution in [0.1, 0.15) is 51.3 Å². The third-order valence-electron chi connectivity index (χ3n) is 8.75. The van der Waals surface area contributed by atoms with E-state index in [0.29, 0.717) is 0 Å². The molecule has 0 aliphatic heterocycles. The molecule has 1 aliphatic carbocycles. The Balaban J connectivity index is 0.00000115. The number of aryl methyl sites for hydroxylation is 1. The van der Waals surface area contributed by atoms with E-state index in [0.717, 1.165) is 56.0 Å². The smallest absolute Gasteiger partial charge is 0.0541 e. The maximum Gasteiger partial charge on any atom is 0.0541 e. The van der Waals surface area contributed by atoms with Gasteiger partial charge in [-0.3, -0.25) is 0 Å². The zero-order chi connectivity index (χ0) is 41.6. The summed E-state index contributed by atoms with van der Waals surface area (Å²) in [5.41, 5.74) is 13.0. The van der Waals surface area contributed by atoms with Crippen molar-refractivity contribution in [1.82, 2.24) is 9.88 Å². The van der Waals surface area contributed by atoms with Crippen LogP contribution in [-0.4, -0.2) is 18.3 Å². The molecule has 1 aromatic heterocycles. The van der Waals surface area contributed by atoms with Crippen LogP contribution in [0.3, 0.4) is 0 Å². The Hall–Kier alpha value is -6.71. The molecule has 1 heterocycles. The van der Waals surface area contributed by atoms with Crippen LogP contribution in [0.15, 0.2) is 223 Å². The minimum Gasteiger partial charge on any atom is -0.359 e. The molecule has 0 radical (unpaired) electrons. The number of nitrogens with zero attached hydrogens (tertiary/aromatic N) is 2. The molecule has 57 heavy (non-hydrogen) atoms. The summed E-state index contributed by atoms with van der Waals surface area (Å²) in [6.45, 7) is 27.5. The molecule has 290 valence electrons. The third kappa shape index (κ3) is 12.9. The SMILES string of the molecule is C/C=C\C.C=C\C=C(/C=C(C)/C(/C=C\C)=C(/C=C)NC(=C)C)c1ccc2c(c1)c1ccccc1n2C1=C/C=C/C=C/C=C\C(c2cccc(C)c2)=C/C=C\1.C=NC. The van der Waals surface area contributed by atoms with Crippen molar-refractivity contribution in [1.29, 1.82) is 0 Å². The van der Waals surface area contributed by atoms with E-state index >= 15 is 0 Å². The topological polar surface area (TPSA) is 29.3 Å². The summed E-state index contributed by atoms with van der Waals surface area (Å²) < 4.78 is 2.35. The lowest BCUT2D eigenvalue weighted by Crippen LogP contribution is -2.10. The Morgan fingerprint density at radius 1 is 0.754 bits per heavy atom. The van der Waals surface area contributed by atoms with Gasteiger partial charge in [0.1, 0.15) is 0 Å². The second-order valence-electron chi connectivity index (χ2n) is 13.3. The largest absolute Gasteiger partial charge is 0.359 e. The monoisotopic (exact) mass is 749 g/mol. The van der Waals surface area contributed by atoms with E-state index in [1.54, 1.807) is 7.05 Å². The van der Waals surface area contributed by atoms with Crippen molar-refractivity contribution in [3.05, 3.63) is 235 Å². The van der Waals surface area contributed by atoms with E-state index in [-0.39, 0.29) is 0 Å². The normalized spacial score (nSPS) is 17.8. The average Bonchev–Trinajstić information content (AvgIpc) is 3.53. The number of aromatic nitrogens is 1. The highest BCUT2D eigenvalue weighted by Crippen LogP contribution is 2.35. The predicted octanol–water partition coefficient (Wildman–Crippen LogP) is 14.8. The maximum atomic E-state index is 4.05. The number of nitrogens with one attached hydrogen (secondary N) is 1. The molecule has 4 aromatic rings. The highest BCUT2D eigenvalue weighted by Gasteiger charge is 2.14. The van der Waals surface area contributed by atoms with Gasteiger partial charge in [-0.15, -0.1) is 0 Å². The summed E-state index contributed by atoms with van der Waals surface area (Å²) >= 11 is 0. The number of allylic oxidation sites excluding steroid dienone is 24. The van der Waals surface area contributed by atoms with Gasteiger partial charge in [0.15, 0.2) is 0 Å². The standard InChI is InChI=1S/C48H46N2.C4H8.C2H5N/c1-8-20-39(33-37(7)43(21-9-2)46(10-3)49-35(4)5)41-30-31-48-45(34-41)44-28-16-17-29-47(44)50(48)42-26-15-13-11-12-14-23-38(24-19-27-42)40-25-18-22-36(6)32-40;1-3-4-2;1-3-2/h8-34,49H,1,3-4H2,2,5-7H3;3-4H,1-2H3;1H2,2H3/b12-11+,13-11?,14-12?,15-13+,21-9-,23-14-,24-19?,26-15?,27-19-,37-33+,38-23?,38-24+,39-20+,42-26+,42-27?,46-43-;4-3-;. The molecular formula is C54H59N3. The lowest BCUT2D eigenvalue weighted by molar-refractivity contribution is 0.996. The molecule has 0 amide bonds. The maximum absolute atomic E-state index is 4.05. The fraction of sp³-hybridized carbons (Fsp3) is 0.130. The Bertz CT molecular complexity index is 2390. The van der Waals surface area contributed by atoms with Gasteiger partial charge in [-0.25, -0.2) is 0 Å². The molecule has 0 atom stereocenters. The third-order valence-corrected chi connectivity index (χ3v) is 8.75. The van der Waals surface area contributed by atoms with Crippen molar-refractivity contribution in [3.8, 4) is 0 Å². The van der Waals surface area contributed by atoms with Crippen molar-refractivity contribution in [2.24, 2.45) is 4.99 Å². The second kappa shape index (κ2) is 23.9. The zero-order valence-electron chi connectivity index (χ0n) is 35.0. The molecule has 3 aromatic carbocycles. The van der Waals surface area contributed by atoms with Gasteiger partial charge >= 0.3 is 0 Å². The lowest BCUT2D eigenvalue weighted by Gasteiger charge is -2.14. The fourth-order valence-electron chi connectivity index (χ4n) is 6.19. The predicted molar refractivity (Wildman–Crippen MR) is 257 cm³/mol. The van der Waals surface area contributed by atoms with Crippen LogP contribution < -0.4 is 5.32 Å². The second-order valence-corrected chi connectivity index (χ2v) is 13.3. The Morgan fingerprint density at radius 3 is 2.12 bits per heavy atom. The Morgan fingerprint density at radius 2 is 1.46 bits per heavy atom. The van der Waals surface area contributed by atoms with E-state index < -0.39 is 0 Å². The van der Waals surface area contributed by atoms with Crippen LogP contribution in [0.4, 0.5) is 0 Å².